The Balaban J connectivity index is 0.722. The molecule has 17 nitrogen and oxygen atoms in total. The Morgan fingerprint density at radius 1 is 0.884 bits per heavy atom. The van der Waals surface area contributed by atoms with Gasteiger partial charge in [-0.25, -0.2) is 18.4 Å². The molecule has 4 saturated heterocycles. The fraction of sp³-hybridized carbons (Fsp3) is 0.449. The normalized spacial score (nSPS) is 20.1. The summed E-state index contributed by atoms with van der Waals surface area (Å²) in [7, 11) is -3.76. The average Bonchev–Trinajstić information content (AvgIpc) is 3.58. The summed E-state index contributed by atoms with van der Waals surface area (Å²) in [5, 5.41) is 11.8. The topological polar surface area (TPSA) is 207 Å². The summed E-state index contributed by atoms with van der Waals surface area (Å²) in [5.41, 5.74) is 3.42. The van der Waals surface area contributed by atoms with Crippen molar-refractivity contribution in [1.29, 1.82) is 5.26 Å². The zero-order valence-corrected chi connectivity index (χ0v) is 40.7. The molecule has 6 heterocycles. The molecule has 0 saturated carbocycles. The molecule has 362 valence electrons. The maximum absolute atomic E-state index is 13.6. The first kappa shape index (κ1) is 48.2. The summed E-state index contributed by atoms with van der Waals surface area (Å²) in [4.78, 5) is 67.9. The van der Waals surface area contributed by atoms with E-state index in [1.54, 1.807) is 30.3 Å². The predicted octanol–water partition coefficient (Wildman–Crippen LogP) is 5.48. The number of hydrogen-bond acceptors (Lipinski definition) is 14. The van der Waals surface area contributed by atoms with Crippen molar-refractivity contribution in [2.45, 2.75) is 87.8 Å². The molecule has 3 aromatic carbocycles. The molecule has 5 aliphatic rings. The Labute approximate surface area is 411 Å². The quantitative estimate of drug-likeness (QED) is 0.112. The Bertz CT molecular complexity index is 2800. The molecule has 4 amide bonds. The molecule has 69 heavy (non-hydrogen) atoms. The maximum atomic E-state index is 13.6. The number of aromatic nitrogens is 2. The van der Waals surface area contributed by atoms with Crippen molar-refractivity contribution in [3.8, 4) is 17.6 Å². The number of amides is 4. The highest BCUT2D eigenvalue weighted by Crippen LogP contribution is 2.40. The molecule has 0 bridgehead atoms. The van der Waals surface area contributed by atoms with Gasteiger partial charge in [0.1, 0.15) is 31.1 Å². The first-order chi connectivity index (χ1) is 33.1. The molecule has 9 rings (SSSR count). The van der Waals surface area contributed by atoms with Crippen LogP contribution in [0.15, 0.2) is 66.9 Å². The number of nitrogens with zero attached hydrogens (tertiary/aromatic N) is 7. The van der Waals surface area contributed by atoms with Gasteiger partial charge in [0.05, 0.1) is 44.2 Å². The first-order valence-corrected chi connectivity index (χ1v) is 25.7. The molecule has 1 unspecified atom stereocenters. The third-order valence-electron chi connectivity index (χ3n) is 14.2. The van der Waals surface area contributed by atoms with Gasteiger partial charge in [0, 0.05) is 56.3 Å². The number of imide groups is 2. The number of nitriles is 1. The zero-order valence-electron chi connectivity index (χ0n) is 38.3. The monoisotopic (exact) mass is 997 g/mol. The lowest BCUT2D eigenvalue weighted by molar-refractivity contribution is -0.136. The largest absolute Gasteiger partial charge is 0.489 e. The van der Waals surface area contributed by atoms with E-state index in [4.69, 9.17) is 32.7 Å². The Kier molecular flexibility index (Phi) is 13.9. The molecule has 20 heteroatoms. The predicted molar refractivity (Wildman–Crippen MR) is 258 cm³/mol. The Morgan fingerprint density at radius 3 is 2.29 bits per heavy atom. The van der Waals surface area contributed by atoms with E-state index in [-0.39, 0.29) is 43.4 Å². The van der Waals surface area contributed by atoms with E-state index in [0.717, 1.165) is 42.0 Å². The number of alkyl halides is 1. The summed E-state index contributed by atoms with van der Waals surface area (Å²) >= 11 is 12.3. The van der Waals surface area contributed by atoms with Crippen molar-refractivity contribution in [2.75, 3.05) is 61.4 Å². The molecule has 4 aromatic rings. The highest BCUT2D eigenvalue weighted by molar-refractivity contribution is 7.93. The number of hydrogen-bond donors (Lipinski definition) is 2. The second kappa shape index (κ2) is 19.9. The van der Waals surface area contributed by atoms with E-state index < -0.39 is 50.4 Å². The van der Waals surface area contributed by atoms with Crippen LogP contribution in [0.25, 0.3) is 0 Å². The van der Waals surface area contributed by atoms with E-state index >= 15 is 0 Å². The summed E-state index contributed by atoms with van der Waals surface area (Å²) in [6.07, 6.45) is 4.60. The average molecular weight is 999 g/mol. The van der Waals surface area contributed by atoms with Gasteiger partial charge >= 0.3 is 0 Å². The van der Waals surface area contributed by atoms with E-state index in [1.165, 1.54) is 6.20 Å². The van der Waals surface area contributed by atoms with E-state index in [9.17, 15) is 32.9 Å². The minimum Gasteiger partial charge on any atom is -0.489 e. The van der Waals surface area contributed by atoms with Crippen LogP contribution in [0, 0.1) is 11.3 Å². The first-order valence-electron chi connectivity index (χ1n) is 23.2. The summed E-state index contributed by atoms with van der Waals surface area (Å²) in [5.74, 6) is -0.868. The smallest absolute Gasteiger partial charge is 0.264 e. The number of carbonyl (C=O) groups excluding carboxylic acids is 4. The van der Waals surface area contributed by atoms with Crippen LogP contribution in [-0.2, 0) is 31.6 Å². The van der Waals surface area contributed by atoms with Crippen LogP contribution >= 0.6 is 23.2 Å². The number of rotatable bonds is 15. The Morgan fingerprint density at radius 2 is 1.59 bits per heavy atom. The molecular weight excluding hydrogens is 946 g/mol. The van der Waals surface area contributed by atoms with Crippen molar-refractivity contribution in [3.05, 3.63) is 105 Å². The number of likely N-dealkylation sites (tertiary alicyclic amines) is 2. The zero-order chi connectivity index (χ0) is 48.6. The number of anilines is 2. The van der Waals surface area contributed by atoms with Crippen LogP contribution in [0.5, 0.6) is 11.5 Å². The summed E-state index contributed by atoms with van der Waals surface area (Å²) < 4.78 is 41.5. The van der Waals surface area contributed by atoms with Gasteiger partial charge in [0.15, 0.2) is 5.75 Å². The number of fused-ring (bicyclic) bond motifs is 1. The lowest BCUT2D eigenvalue weighted by Crippen LogP contribution is -2.62. The molecule has 5 aliphatic heterocycles. The molecule has 1 aromatic heterocycles. The van der Waals surface area contributed by atoms with Crippen molar-refractivity contribution in [3.63, 3.8) is 0 Å². The van der Waals surface area contributed by atoms with E-state index in [1.807, 2.05) is 44.2 Å². The van der Waals surface area contributed by atoms with E-state index in [0.29, 0.717) is 90.1 Å². The standard InChI is InChI=1S/C49H53Cl2N9O8S/c1-49(2,32-24-30(26-52)44(39(51)25-32)67-23-17-50)31-6-8-36(9-7-31)68-29-33-12-18-53-48(54-33)56-69(65,66)37-15-21-57(22-16-37)34-13-19-58(20-14-34)35-27-59(28-35)40-5-3-4-38-43(40)47(64)60(46(38)63)41-10-11-42(61)55-45(41)62/h3-9,12,18,24-25,34-35,37,41H,10-11,13-17,19-23,27-29H2,1-2H3,(H,53,54,56)(H,55,61,62). The fourth-order valence-electron chi connectivity index (χ4n) is 10.2. The highest BCUT2D eigenvalue weighted by Gasteiger charge is 2.47. The third kappa shape index (κ3) is 9.85. The number of halogens is 2. The van der Waals surface area contributed by atoms with E-state index in [2.05, 4.69) is 40.8 Å². The number of nitrogens with one attached hydrogen (secondary N) is 2. The second-order valence-corrected chi connectivity index (χ2v) is 21.4. The minimum atomic E-state index is -3.76. The molecule has 0 radical (unpaired) electrons. The molecule has 0 spiro atoms. The van der Waals surface area contributed by atoms with Gasteiger partial charge in [-0.2, -0.15) is 5.26 Å². The van der Waals surface area contributed by atoms with Gasteiger partial charge in [-0.3, -0.25) is 39.0 Å². The van der Waals surface area contributed by atoms with Crippen LogP contribution in [0.2, 0.25) is 5.02 Å². The summed E-state index contributed by atoms with van der Waals surface area (Å²) in [6, 6.07) is 19.9. The lowest BCUT2D eigenvalue weighted by Gasteiger charge is -2.50. The summed E-state index contributed by atoms with van der Waals surface area (Å²) in [6.45, 7) is 8.96. The number of carbonyl (C=O) groups is 4. The van der Waals surface area contributed by atoms with Gasteiger partial charge in [-0.15, -0.1) is 11.6 Å². The number of ether oxygens (including phenoxy) is 2. The van der Waals surface area contributed by atoms with Crippen molar-refractivity contribution >= 4 is 68.5 Å². The van der Waals surface area contributed by atoms with Crippen molar-refractivity contribution in [1.82, 2.24) is 30.0 Å². The Hall–Kier alpha value is -5.84. The van der Waals surface area contributed by atoms with Gasteiger partial charge in [0.25, 0.3) is 11.8 Å². The maximum Gasteiger partial charge on any atom is 0.264 e. The van der Waals surface area contributed by atoms with Crippen molar-refractivity contribution in [2.24, 2.45) is 0 Å². The van der Waals surface area contributed by atoms with Crippen molar-refractivity contribution < 1.29 is 37.1 Å². The molecule has 4 fully saturated rings. The van der Waals surface area contributed by atoms with Crippen LogP contribution in [0.1, 0.15) is 95.5 Å². The molecule has 0 aliphatic carbocycles. The number of benzene rings is 3. The molecule has 2 N–H and O–H groups in total. The van der Waals surface area contributed by atoms with Gasteiger partial charge in [-0.1, -0.05) is 43.6 Å². The van der Waals surface area contributed by atoms with Gasteiger partial charge < -0.3 is 19.3 Å². The van der Waals surface area contributed by atoms with Crippen LogP contribution in [0.3, 0.4) is 0 Å². The van der Waals surface area contributed by atoms with Crippen LogP contribution < -0.4 is 24.4 Å². The fourth-order valence-corrected chi connectivity index (χ4v) is 11.9. The minimum absolute atomic E-state index is 0.00188. The number of piperidine rings is 3. The van der Waals surface area contributed by atoms with Gasteiger partial charge in [0.2, 0.25) is 27.8 Å². The second-order valence-electron chi connectivity index (χ2n) is 18.6. The highest BCUT2D eigenvalue weighted by atomic mass is 35.5. The SMILES string of the molecule is CC(C)(c1ccc(OCc2ccnc(NS(=O)(=O)C3CCN(C4CCN(C5CN(c6cccc7c6C(=O)N(C6CCC(=O)NC6=O)C7=O)C5)CC4)CC3)n2)cc1)c1cc(Cl)c(OCCCl)c(C#N)c1. The molecule has 1 atom stereocenters. The van der Waals surface area contributed by atoms with Gasteiger partial charge in [-0.05, 0) is 98.8 Å². The third-order valence-corrected chi connectivity index (χ3v) is 16.5. The molecular formula is C49H53Cl2N9O8S. The van der Waals surface area contributed by atoms with Crippen LogP contribution in [-0.4, -0.2) is 132 Å². The lowest BCUT2D eigenvalue weighted by atomic mass is 9.77. The number of sulfonamides is 1. The van der Waals surface area contributed by atoms with Crippen LogP contribution in [0.4, 0.5) is 11.6 Å².